The van der Waals surface area contributed by atoms with Crippen LogP contribution in [0.3, 0.4) is 0 Å². The number of nitrogens with two attached hydrogens (primary N) is 1. The molecule has 1 aliphatic heterocycles. The van der Waals surface area contributed by atoms with E-state index in [0.717, 1.165) is 0 Å². The summed E-state index contributed by atoms with van der Waals surface area (Å²) in [7, 11) is 0. The predicted octanol–water partition coefficient (Wildman–Crippen LogP) is 2.53. The van der Waals surface area contributed by atoms with Crippen molar-refractivity contribution in [3.63, 3.8) is 0 Å². The van der Waals surface area contributed by atoms with E-state index in [1.54, 1.807) is 17.6 Å². The largest absolute Gasteiger partial charge is 0.440 e. The smallest absolute Gasteiger partial charge is 0.433 e. The van der Waals surface area contributed by atoms with Crippen molar-refractivity contribution >= 4 is 5.88 Å². The Morgan fingerprint density at radius 1 is 1.44 bits per heavy atom. The number of nitrogens with zero attached hydrogens (tertiary/aromatic N) is 3. The molecule has 0 bridgehead atoms. The molecule has 2 aromatic heterocycles. The maximum atomic E-state index is 13.2. The Morgan fingerprint density at radius 2 is 2.15 bits per heavy atom. The van der Waals surface area contributed by atoms with Gasteiger partial charge in [0.25, 0.3) is 5.56 Å². The molecule has 9 nitrogen and oxygen atoms in total. The molecule has 0 aromatic carbocycles. The Labute approximate surface area is 154 Å². The molecule has 9 heteroatoms. The van der Waals surface area contributed by atoms with E-state index in [4.69, 9.17) is 14.9 Å². The number of fused-ring (bicyclic) bond motifs is 1. The van der Waals surface area contributed by atoms with Crippen LogP contribution in [-0.2, 0) is 6.54 Å². The van der Waals surface area contributed by atoms with Gasteiger partial charge in [0.1, 0.15) is 28.1 Å². The lowest BCUT2D eigenvalue weighted by atomic mass is 9.88. The second-order valence-electron chi connectivity index (χ2n) is 6.73. The maximum absolute atomic E-state index is 13.2. The first kappa shape index (κ1) is 18.3. The summed E-state index contributed by atoms with van der Waals surface area (Å²) in [4.78, 5) is 23.5. The van der Waals surface area contributed by atoms with Crippen LogP contribution in [-0.4, -0.2) is 9.49 Å². The lowest BCUT2D eigenvalue weighted by Crippen LogP contribution is -2.33. The van der Waals surface area contributed by atoms with Gasteiger partial charge >= 0.3 is 5.88 Å². The van der Waals surface area contributed by atoms with Gasteiger partial charge in [-0.1, -0.05) is 13.8 Å². The fourth-order valence-corrected chi connectivity index (χ4v) is 3.16. The van der Waals surface area contributed by atoms with E-state index in [-0.39, 0.29) is 40.0 Å². The first-order chi connectivity index (χ1) is 12.7. The molecule has 3 rings (SSSR count). The van der Waals surface area contributed by atoms with E-state index in [9.17, 15) is 20.2 Å². The summed E-state index contributed by atoms with van der Waals surface area (Å²) in [5, 5.41) is 20.5. The molecule has 0 spiro atoms. The zero-order valence-corrected chi connectivity index (χ0v) is 15.1. The molecular formula is C18H18N4O5. The van der Waals surface area contributed by atoms with Crippen molar-refractivity contribution in [2.45, 2.75) is 33.2 Å². The van der Waals surface area contributed by atoms with Crippen molar-refractivity contribution in [1.82, 2.24) is 4.57 Å². The molecule has 0 fully saturated rings. The van der Waals surface area contributed by atoms with Crippen LogP contribution in [0.5, 0.6) is 5.75 Å². The zero-order valence-electron chi connectivity index (χ0n) is 15.1. The van der Waals surface area contributed by atoms with Gasteiger partial charge in [0.05, 0.1) is 17.5 Å². The molecule has 0 unspecified atom stereocenters. The fourth-order valence-electron chi connectivity index (χ4n) is 3.16. The average molecular weight is 370 g/mol. The Balaban J connectivity index is 2.28. The third-order valence-electron chi connectivity index (χ3n) is 4.31. The number of aryl methyl sites for hydroxylation is 1. The van der Waals surface area contributed by atoms with Crippen molar-refractivity contribution in [3.8, 4) is 11.8 Å². The molecular weight excluding hydrogens is 352 g/mol. The van der Waals surface area contributed by atoms with E-state index in [1.807, 2.05) is 19.9 Å². The Hall–Kier alpha value is -3.54. The second-order valence-corrected chi connectivity index (χ2v) is 6.73. The summed E-state index contributed by atoms with van der Waals surface area (Å²) in [5.74, 6) is -1.10. The summed E-state index contributed by atoms with van der Waals surface area (Å²) < 4.78 is 12.4. The van der Waals surface area contributed by atoms with Gasteiger partial charge in [0.15, 0.2) is 0 Å². The number of hydrogen-bond donors (Lipinski definition) is 1. The summed E-state index contributed by atoms with van der Waals surface area (Å²) in [5.41, 5.74) is 6.36. The van der Waals surface area contributed by atoms with Crippen LogP contribution >= 0.6 is 0 Å². The van der Waals surface area contributed by atoms with Gasteiger partial charge in [0, 0.05) is 18.3 Å². The van der Waals surface area contributed by atoms with Crippen molar-refractivity contribution in [3.05, 3.63) is 67.1 Å². The highest BCUT2D eigenvalue weighted by Gasteiger charge is 2.37. The van der Waals surface area contributed by atoms with Gasteiger partial charge in [-0.2, -0.15) is 5.26 Å². The third kappa shape index (κ3) is 3.06. The molecule has 1 aliphatic rings. The number of allylic oxidation sites excluding steroid dienone is 1. The number of pyridine rings is 1. The number of nitriles is 1. The number of aromatic nitrogens is 1. The highest BCUT2D eigenvalue weighted by atomic mass is 16.6. The highest BCUT2D eigenvalue weighted by molar-refractivity contribution is 5.54. The standard InChI is InChI=1S/C18H18N4O5/c1-9(2)8-21-10(3)6-13-16(18(21)23)15(11(7-19)17(20)27-13)12-4-5-14(26-12)22(24)25/h4-6,9,15H,8,20H2,1-3H3/t15-/m0/s1. The minimum absolute atomic E-state index is 0.0243. The predicted molar refractivity (Wildman–Crippen MR) is 94.9 cm³/mol. The molecule has 0 saturated carbocycles. The third-order valence-corrected chi connectivity index (χ3v) is 4.31. The zero-order chi connectivity index (χ0) is 19.9. The quantitative estimate of drug-likeness (QED) is 0.644. The number of hydrogen-bond acceptors (Lipinski definition) is 7. The van der Waals surface area contributed by atoms with E-state index in [2.05, 4.69) is 0 Å². The topological polar surface area (TPSA) is 137 Å². The van der Waals surface area contributed by atoms with Gasteiger partial charge in [-0.15, -0.1) is 0 Å². The van der Waals surface area contributed by atoms with Crippen molar-refractivity contribution < 1.29 is 14.1 Å². The normalized spacial score (nSPS) is 16.0. The number of furan rings is 1. The first-order valence-corrected chi connectivity index (χ1v) is 8.30. The Kier molecular flexibility index (Phi) is 4.49. The fraction of sp³-hybridized carbons (Fsp3) is 0.333. The van der Waals surface area contributed by atoms with Gasteiger partial charge < -0.3 is 19.5 Å². The second kappa shape index (κ2) is 6.64. The molecule has 140 valence electrons. The molecule has 27 heavy (non-hydrogen) atoms. The molecule has 2 aromatic rings. The number of ether oxygens (including phenoxy) is 1. The summed E-state index contributed by atoms with van der Waals surface area (Å²) in [6.45, 7) is 6.21. The summed E-state index contributed by atoms with van der Waals surface area (Å²) in [6.07, 6.45) is 0. The molecule has 2 N–H and O–H groups in total. The van der Waals surface area contributed by atoms with Crippen LogP contribution in [0.15, 0.2) is 38.9 Å². The van der Waals surface area contributed by atoms with Crippen LogP contribution < -0.4 is 16.0 Å². The molecule has 0 amide bonds. The van der Waals surface area contributed by atoms with E-state index in [1.165, 1.54) is 12.1 Å². The van der Waals surface area contributed by atoms with Crippen molar-refractivity contribution in [2.24, 2.45) is 11.7 Å². The number of rotatable bonds is 4. The lowest BCUT2D eigenvalue weighted by Gasteiger charge is -2.26. The maximum Gasteiger partial charge on any atom is 0.433 e. The summed E-state index contributed by atoms with van der Waals surface area (Å²) in [6, 6.07) is 6.15. The van der Waals surface area contributed by atoms with Crippen LogP contribution in [0, 0.1) is 34.3 Å². The molecule has 0 radical (unpaired) electrons. The van der Waals surface area contributed by atoms with E-state index in [0.29, 0.717) is 12.2 Å². The van der Waals surface area contributed by atoms with Gasteiger partial charge in [-0.05, 0) is 18.9 Å². The lowest BCUT2D eigenvalue weighted by molar-refractivity contribution is -0.402. The summed E-state index contributed by atoms with van der Waals surface area (Å²) >= 11 is 0. The van der Waals surface area contributed by atoms with Crippen LogP contribution in [0.1, 0.15) is 36.8 Å². The van der Waals surface area contributed by atoms with Crippen LogP contribution in [0.2, 0.25) is 0 Å². The first-order valence-electron chi connectivity index (χ1n) is 8.30. The molecule has 1 atom stereocenters. The average Bonchev–Trinajstić information content (AvgIpc) is 3.07. The SMILES string of the molecule is Cc1cc2c(c(=O)n1CC(C)C)[C@H](c1ccc([N+](=O)[O-])o1)C(C#N)=C(N)O2. The molecule has 0 aliphatic carbocycles. The van der Waals surface area contributed by atoms with E-state index >= 15 is 0 Å². The van der Waals surface area contributed by atoms with Gasteiger partial charge in [-0.25, -0.2) is 0 Å². The minimum atomic E-state index is -0.973. The van der Waals surface area contributed by atoms with Crippen molar-refractivity contribution in [1.29, 1.82) is 5.26 Å². The van der Waals surface area contributed by atoms with Crippen molar-refractivity contribution in [2.75, 3.05) is 0 Å². The number of nitro groups is 1. The van der Waals surface area contributed by atoms with Gasteiger partial charge in [0.2, 0.25) is 5.88 Å². The van der Waals surface area contributed by atoms with Crippen LogP contribution in [0.25, 0.3) is 0 Å². The van der Waals surface area contributed by atoms with Gasteiger partial charge in [-0.3, -0.25) is 14.9 Å². The molecule has 3 heterocycles. The Morgan fingerprint density at radius 3 is 2.70 bits per heavy atom. The monoisotopic (exact) mass is 370 g/mol. The van der Waals surface area contributed by atoms with E-state index < -0.39 is 16.7 Å². The van der Waals surface area contributed by atoms with Crippen LogP contribution in [0.4, 0.5) is 5.88 Å². The minimum Gasteiger partial charge on any atom is -0.440 e. The Bertz CT molecular complexity index is 1050. The molecule has 0 saturated heterocycles. The highest BCUT2D eigenvalue weighted by Crippen LogP contribution is 2.41.